The van der Waals surface area contributed by atoms with E-state index in [0.29, 0.717) is 45.8 Å². The number of nitrogens with one attached hydrogen (secondary N) is 6. The maximum atomic E-state index is 12.6. The predicted molar refractivity (Wildman–Crippen MR) is 266 cm³/mol. The van der Waals surface area contributed by atoms with E-state index in [1.807, 2.05) is 34.6 Å². The highest BCUT2D eigenvalue weighted by Crippen LogP contribution is 2.14. The van der Waals surface area contributed by atoms with Gasteiger partial charge in [0.15, 0.2) is 0 Å². The first-order valence-electron chi connectivity index (χ1n) is 25.9. The van der Waals surface area contributed by atoms with Gasteiger partial charge in [-0.2, -0.15) is 0 Å². The Morgan fingerprint density at radius 3 is 1.29 bits per heavy atom. The van der Waals surface area contributed by atoms with E-state index >= 15 is 0 Å². The van der Waals surface area contributed by atoms with E-state index in [2.05, 4.69) is 31.9 Å². The quantitative estimate of drug-likeness (QED) is 0.0360. The van der Waals surface area contributed by atoms with Crippen LogP contribution >= 0.6 is 0 Å². The van der Waals surface area contributed by atoms with Crippen molar-refractivity contribution in [1.82, 2.24) is 31.9 Å². The van der Waals surface area contributed by atoms with E-state index in [9.17, 15) is 38.7 Å². The van der Waals surface area contributed by atoms with Crippen LogP contribution in [0.15, 0.2) is 0 Å². The molecule has 0 aliphatic rings. The molecule has 0 fully saturated rings. The molecule has 402 valence electrons. The molecule has 19 heteroatoms. The highest BCUT2D eigenvalue weighted by atomic mass is 16.5. The Morgan fingerprint density at radius 1 is 0.435 bits per heavy atom. The summed E-state index contributed by atoms with van der Waals surface area (Å²) in [5.74, 6) is -2.84. The van der Waals surface area contributed by atoms with Gasteiger partial charge < -0.3 is 61.1 Å². The number of ether oxygens (including phenoxy) is 4. The molecule has 0 aromatic carbocycles. The summed E-state index contributed by atoms with van der Waals surface area (Å²) in [4.78, 5) is 83.6. The van der Waals surface area contributed by atoms with Gasteiger partial charge in [0.25, 0.3) is 0 Å². The average molecular weight is 987 g/mol. The van der Waals surface area contributed by atoms with E-state index in [4.69, 9.17) is 24.1 Å². The van der Waals surface area contributed by atoms with Gasteiger partial charge in [-0.1, -0.05) is 90.9 Å². The van der Waals surface area contributed by atoms with Crippen LogP contribution < -0.4 is 31.9 Å². The predicted octanol–water partition coefficient (Wildman–Crippen LogP) is 5.31. The van der Waals surface area contributed by atoms with E-state index < -0.39 is 18.0 Å². The summed E-state index contributed by atoms with van der Waals surface area (Å²) < 4.78 is 21.8. The Bertz CT molecular complexity index is 1380. The number of aliphatic carboxylic acids is 2. The number of amides is 5. The number of unbranched alkanes of at least 4 members (excludes halogenated alkanes) is 14. The third-order valence-electron chi connectivity index (χ3n) is 10.8. The van der Waals surface area contributed by atoms with Crippen LogP contribution in [-0.2, 0) is 52.5 Å². The molecular formula is C50H94N6O13. The molecule has 0 saturated heterocycles. The molecule has 0 aromatic heterocycles. The number of rotatable bonds is 48. The number of carbonyl (C=O) groups is 7. The second-order valence-corrected chi connectivity index (χ2v) is 18.9. The standard InChI is InChI=1S/C50H94N6O13/c1-40(2)54-41(48(63)56-50(3,4)5)22-20-21-29-51-44(58)27-32-66-36-39-69-35-31-53-45(59)28-33-67-37-38-68-34-30-52-43(57)26-25-42(49(64)65)55-46(60)23-18-16-14-12-10-8-6-7-9-11-13-15-17-19-24-47(61)62/h40-42,54H,6-39H2,1-5H3,(H,51,58)(H,52,57)(H,53,59)(H,55,60)(H,56,63)(H,61,62)(H,64,65). The minimum absolute atomic E-state index is 0.0123. The fourth-order valence-electron chi connectivity index (χ4n) is 7.10. The monoisotopic (exact) mass is 987 g/mol. The molecule has 0 rings (SSSR count). The molecule has 0 saturated carbocycles. The zero-order chi connectivity index (χ0) is 51.4. The molecule has 19 nitrogen and oxygen atoms in total. The van der Waals surface area contributed by atoms with E-state index in [1.165, 1.54) is 44.9 Å². The minimum Gasteiger partial charge on any atom is -0.481 e. The third-order valence-corrected chi connectivity index (χ3v) is 10.8. The lowest BCUT2D eigenvalue weighted by Crippen LogP contribution is -2.52. The van der Waals surface area contributed by atoms with Crippen molar-refractivity contribution in [2.75, 3.05) is 72.5 Å². The molecule has 2 unspecified atom stereocenters. The number of carbonyl (C=O) groups excluding carboxylic acids is 5. The van der Waals surface area contributed by atoms with Crippen LogP contribution in [0.3, 0.4) is 0 Å². The molecule has 0 aromatic rings. The van der Waals surface area contributed by atoms with Gasteiger partial charge in [-0.15, -0.1) is 0 Å². The van der Waals surface area contributed by atoms with Crippen LogP contribution in [0.2, 0.25) is 0 Å². The summed E-state index contributed by atoms with van der Waals surface area (Å²) in [6.45, 7) is 13.2. The van der Waals surface area contributed by atoms with Crippen LogP contribution in [0.25, 0.3) is 0 Å². The topological polar surface area (TPSA) is 269 Å². The van der Waals surface area contributed by atoms with Crippen molar-refractivity contribution in [1.29, 1.82) is 0 Å². The Hall–Kier alpha value is -3.91. The molecule has 0 aliphatic carbocycles. The lowest BCUT2D eigenvalue weighted by atomic mass is 10.0. The molecule has 0 bridgehead atoms. The van der Waals surface area contributed by atoms with Gasteiger partial charge >= 0.3 is 11.9 Å². The van der Waals surface area contributed by atoms with Crippen LogP contribution in [0.4, 0.5) is 0 Å². The molecule has 0 heterocycles. The first-order chi connectivity index (χ1) is 33.0. The molecule has 8 N–H and O–H groups in total. The Labute approximate surface area is 413 Å². The van der Waals surface area contributed by atoms with Crippen LogP contribution in [0.5, 0.6) is 0 Å². The van der Waals surface area contributed by atoms with Crippen molar-refractivity contribution in [2.45, 2.75) is 206 Å². The van der Waals surface area contributed by atoms with Crippen molar-refractivity contribution >= 4 is 41.5 Å². The van der Waals surface area contributed by atoms with Gasteiger partial charge in [0, 0.05) is 63.3 Å². The first kappa shape index (κ1) is 65.1. The van der Waals surface area contributed by atoms with E-state index in [0.717, 1.165) is 51.4 Å². The number of carboxylic acid groups (broad SMARTS) is 2. The normalized spacial score (nSPS) is 12.3. The second kappa shape index (κ2) is 44.1. The Balaban J connectivity index is 3.70. The summed E-state index contributed by atoms with van der Waals surface area (Å²) in [6.07, 6.45) is 18.2. The molecule has 2 atom stereocenters. The second-order valence-electron chi connectivity index (χ2n) is 18.9. The fraction of sp³-hybridized carbons (Fsp3) is 0.860. The molecule has 69 heavy (non-hydrogen) atoms. The van der Waals surface area contributed by atoms with Gasteiger partial charge in [-0.3, -0.25) is 28.8 Å². The highest BCUT2D eigenvalue weighted by molar-refractivity contribution is 5.84. The Morgan fingerprint density at radius 2 is 0.855 bits per heavy atom. The molecule has 0 spiro atoms. The fourth-order valence-corrected chi connectivity index (χ4v) is 7.10. The van der Waals surface area contributed by atoms with Crippen LogP contribution in [-0.4, -0.2) is 148 Å². The summed E-state index contributed by atoms with van der Waals surface area (Å²) >= 11 is 0. The highest BCUT2D eigenvalue weighted by Gasteiger charge is 2.23. The van der Waals surface area contributed by atoms with Gasteiger partial charge in [0.05, 0.1) is 58.9 Å². The van der Waals surface area contributed by atoms with E-state index in [1.54, 1.807) is 0 Å². The summed E-state index contributed by atoms with van der Waals surface area (Å²) in [5.41, 5.74) is -0.299. The zero-order valence-corrected chi connectivity index (χ0v) is 43.2. The number of hydrogen-bond donors (Lipinski definition) is 8. The van der Waals surface area contributed by atoms with Gasteiger partial charge in [-0.25, -0.2) is 4.79 Å². The minimum atomic E-state index is -1.18. The zero-order valence-electron chi connectivity index (χ0n) is 43.2. The lowest BCUT2D eigenvalue weighted by Gasteiger charge is -2.26. The molecule has 0 aliphatic heterocycles. The lowest BCUT2D eigenvalue weighted by molar-refractivity contribution is -0.142. The maximum absolute atomic E-state index is 12.6. The SMILES string of the molecule is CC(C)NC(CCCCNC(=O)CCOCCOCCNC(=O)CCOCCOCCNC(=O)CCC(NC(=O)CCCCCCCCCCCCCCCCC(=O)O)C(=O)O)C(=O)NC(C)(C)C. The van der Waals surface area contributed by atoms with Crippen LogP contribution in [0, 0.1) is 0 Å². The maximum Gasteiger partial charge on any atom is 0.326 e. The summed E-state index contributed by atoms with van der Waals surface area (Å²) in [7, 11) is 0. The number of hydrogen-bond acceptors (Lipinski definition) is 12. The third kappa shape index (κ3) is 46.3. The average Bonchev–Trinajstić information content (AvgIpc) is 3.27. The van der Waals surface area contributed by atoms with Crippen molar-refractivity contribution < 1.29 is 62.7 Å². The largest absolute Gasteiger partial charge is 0.481 e. The molecular weight excluding hydrogens is 893 g/mol. The van der Waals surface area contributed by atoms with Gasteiger partial charge in [0.2, 0.25) is 29.5 Å². The first-order valence-corrected chi connectivity index (χ1v) is 25.9. The Kier molecular flexibility index (Phi) is 41.6. The summed E-state index contributed by atoms with van der Waals surface area (Å²) in [6, 6.07) is -1.23. The van der Waals surface area contributed by atoms with Crippen molar-refractivity contribution in [3.8, 4) is 0 Å². The van der Waals surface area contributed by atoms with Crippen molar-refractivity contribution in [3.63, 3.8) is 0 Å². The van der Waals surface area contributed by atoms with Crippen molar-refractivity contribution in [2.24, 2.45) is 0 Å². The van der Waals surface area contributed by atoms with E-state index in [-0.39, 0.29) is 125 Å². The smallest absolute Gasteiger partial charge is 0.326 e. The van der Waals surface area contributed by atoms with Gasteiger partial charge in [0.1, 0.15) is 6.04 Å². The number of carboxylic acids is 2. The van der Waals surface area contributed by atoms with Crippen LogP contribution in [0.1, 0.15) is 182 Å². The molecule has 0 radical (unpaired) electrons. The van der Waals surface area contributed by atoms with Crippen molar-refractivity contribution in [3.05, 3.63) is 0 Å². The summed E-state index contributed by atoms with van der Waals surface area (Å²) in [5, 5.41) is 35.4. The van der Waals surface area contributed by atoms with Gasteiger partial charge in [-0.05, 0) is 59.3 Å². The molecule has 5 amide bonds.